The number of anilines is 2. The summed E-state index contributed by atoms with van der Waals surface area (Å²) in [5.41, 5.74) is 5.65. The van der Waals surface area contributed by atoms with Crippen molar-refractivity contribution in [3.8, 4) is 5.95 Å². The van der Waals surface area contributed by atoms with Gasteiger partial charge in [0.2, 0.25) is 11.9 Å². The molecule has 0 spiro atoms. The van der Waals surface area contributed by atoms with Crippen molar-refractivity contribution < 1.29 is 10.2 Å². The molecule has 1 aliphatic heterocycles. The summed E-state index contributed by atoms with van der Waals surface area (Å²) in [6, 6.07) is 1.74. The summed E-state index contributed by atoms with van der Waals surface area (Å²) in [5, 5.41) is 23.1. The first-order valence-corrected chi connectivity index (χ1v) is 5.76. The smallest absolute Gasteiger partial charge is 0.257 e. The Bertz CT molecular complexity index is 563. The number of aliphatic hydroxyl groups is 2. The van der Waals surface area contributed by atoms with E-state index in [0.717, 1.165) is 0 Å². The van der Waals surface area contributed by atoms with E-state index in [9.17, 15) is 10.2 Å². The molecule has 3 rings (SSSR count). The molecule has 0 radical (unpaired) electrons. The van der Waals surface area contributed by atoms with Gasteiger partial charge in [0.1, 0.15) is 0 Å². The van der Waals surface area contributed by atoms with Gasteiger partial charge in [0, 0.05) is 25.5 Å². The molecular weight excluding hydrogens is 250 g/mol. The molecule has 1 fully saturated rings. The first-order valence-electron chi connectivity index (χ1n) is 5.76. The highest BCUT2D eigenvalue weighted by molar-refractivity contribution is 5.39. The average Bonchev–Trinajstić information content (AvgIpc) is 3.00. The van der Waals surface area contributed by atoms with Gasteiger partial charge in [-0.3, -0.25) is 0 Å². The van der Waals surface area contributed by atoms with Gasteiger partial charge in [-0.15, -0.1) is 0 Å². The Morgan fingerprint density at radius 1 is 1.11 bits per heavy atom. The van der Waals surface area contributed by atoms with Crippen molar-refractivity contribution >= 4 is 11.9 Å². The van der Waals surface area contributed by atoms with Gasteiger partial charge in [0.05, 0.1) is 12.2 Å². The lowest BCUT2D eigenvalue weighted by molar-refractivity contribution is 0.0572. The second-order valence-electron chi connectivity index (χ2n) is 4.28. The summed E-state index contributed by atoms with van der Waals surface area (Å²) in [6.07, 6.45) is 1.66. The first-order chi connectivity index (χ1) is 9.13. The van der Waals surface area contributed by atoms with Crippen molar-refractivity contribution in [1.82, 2.24) is 24.7 Å². The number of aromatic nitrogens is 5. The second-order valence-corrected chi connectivity index (χ2v) is 4.28. The number of hydrogen-bond donors (Lipinski definition) is 3. The van der Waals surface area contributed by atoms with E-state index in [2.05, 4.69) is 20.1 Å². The van der Waals surface area contributed by atoms with Crippen LogP contribution in [0.1, 0.15) is 0 Å². The summed E-state index contributed by atoms with van der Waals surface area (Å²) in [5.74, 6) is 0.670. The van der Waals surface area contributed by atoms with Crippen molar-refractivity contribution in [2.75, 3.05) is 23.7 Å². The third-order valence-electron chi connectivity index (χ3n) is 2.88. The standard InChI is InChI=1S/C10H13N7O2/c11-8-13-9(16-4-6(18)7(19)5-16)15-10(14-8)17-3-1-2-12-17/h1-3,6-7,18-19H,4-5H2,(H2,11,13,14,15). The van der Waals surface area contributed by atoms with E-state index in [4.69, 9.17) is 5.73 Å². The number of nitrogens with two attached hydrogens (primary N) is 1. The molecule has 2 aromatic rings. The predicted molar refractivity (Wildman–Crippen MR) is 65.6 cm³/mol. The van der Waals surface area contributed by atoms with Crippen LogP contribution in [-0.4, -0.2) is 60.2 Å². The fourth-order valence-electron chi connectivity index (χ4n) is 1.93. The van der Waals surface area contributed by atoms with Crippen LogP contribution in [0, 0.1) is 0 Å². The second kappa shape index (κ2) is 4.44. The van der Waals surface area contributed by atoms with Crippen molar-refractivity contribution in [3.63, 3.8) is 0 Å². The Morgan fingerprint density at radius 2 is 1.79 bits per heavy atom. The molecule has 100 valence electrons. The monoisotopic (exact) mass is 263 g/mol. The normalized spacial score (nSPS) is 22.9. The molecule has 2 atom stereocenters. The number of aliphatic hydroxyl groups excluding tert-OH is 2. The zero-order valence-corrected chi connectivity index (χ0v) is 9.96. The van der Waals surface area contributed by atoms with Crippen LogP contribution in [0.2, 0.25) is 0 Å². The maximum absolute atomic E-state index is 9.54. The zero-order chi connectivity index (χ0) is 13.4. The molecule has 0 saturated carbocycles. The predicted octanol–water partition coefficient (Wildman–Crippen LogP) is -1.82. The highest BCUT2D eigenvalue weighted by Crippen LogP contribution is 2.18. The Morgan fingerprint density at radius 3 is 2.42 bits per heavy atom. The van der Waals surface area contributed by atoms with E-state index < -0.39 is 12.2 Å². The maximum Gasteiger partial charge on any atom is 0.257 e. The summed E-state index contributed by atoms with van der Waals surface area (Å²) in [7, 11) is 0. The minimum absolute atomic E-state index is 0.0615. The Kier molecular flexibility index (Phi) is 2.76. The molecule has 2 aromatic heterocycles. The number of β-amino-alcohol motifs (C(OH)–C–C–N with tert-alkyl or cyclic N) is 2. The minimum Gasteiger partial charge on any atom is -0.388 e. The number of hydrogen-bond acceptors (Lipinski definition) is 8. The molecule has 0 bridgehead atoms. The fraction of sp³-hybridized carbons (Fsp3) is 0.400. The minimum atomic E-state index is -0.814. The molecule has 0 aliphatic carbocycles. The van der Waals surface area contributed by atoms with E-state index >= 15 is 0 Å². The molecule has 1 aliphatic rings. The quantitative estimate of drug-likeness (QED) is 0.578. The van der Waals surface area contributed by atoms with E-state index in [0.29, 0.717) is 11.9 Å². The highest BCUT2D eigenvalue weighted by Gasteiger charge is 2.31. The van der Waals surface area contributed by atoms with Gasteiger partial charge in [0.15, 0.2) is 0 Å². The van der Waals surface area contributed by atoms with Crippen molar-refractivity contribution in [3.05, 3.63) is 18.5 Å². The van der Waals surface area contributed by atoms with Crippen molar-refractivity contribution in [2.45, 2.75) is 12.2 Å². The fourth-order valence-corrected chi connectivity index (χ4v) is 1.93. The van der Waals surface area contributed by atoms with E-state index in [-0.39, 0.29) is 19.0 Å². The van der Waals surface area contributed by atoms with Gasteiger partial charge >= 0.3 is 0 Å². The van der Waals surface area contributed by atoms with Crippen LogP contribution in [0.3, 0.4) is 0 Å². The summed E-state index contributed by atoms with van der Waals surface area (Å²) in [4.78, 5) is 13.9. The summed E-state index contributed by atoms with van der Waals surface area (Å²) >= 11 is 0. The van der Waals surface area contributed by atoms with Crippen LogP contribution >= 0.6 is 0 Å². The lowest BCUT2D eigenvalue weighted by atomic mass is 10.3. The number of nitrogen functional groups attached to an aromatic ring is 1. The van der Waals surface area contributed by atoms with Gasteiger partial charge in [-0.2, -0.15) is 20.1 Å². The Hall–Kier alpha value is -2.26. The SMILES string of the molecule is Nc1nc(N2CC(O)C(O)C2)nc(-n2cccn2)n1. The van der Waals surface area contributed by atoms with Gasteiger partial charge in [-0.1, -0.05) is 0 Å². The van der Waals surface area contributed by atoms with Gasteiger partial charge in [-0.05, 0) is 6.07 Å². The van der Waals surface area contributed by atoms with E-state index in [1.54, 1.807) is 23.4 Å². The van der Waals surface area contributed by atoms with Gasteiger partial charge in [-0.25, -0.2) is 4.68 Å². The lowest BCUT2D eigenvalue weighted by Gasteiger charge is -2.15. The van der Waals surface area contributed by atoms with Crippen molar-refractivity contribution in [1.29, 1.82) is 0 Å². The average molecular weight is 263 g/mol. The molecule has 19 heavy (non-hydrogen) atoms. The molecule has 0 aromatic carbocycles. The van der Waals surface area contributed by atoms with Crippen LogP contribution in [0.25, 0.3) is 5.95 Å². The third kappa shape index (κ3) is 2.20. The van der Waals surface area contributed by atoms with Crippen LogP contribution in [0.5, 0.6) is 0 Å². The lowest BCUT2D eigenvalue weighted by Crippen LogP contribution is -2.25. The number of nitrogens with zero attached hydrogens (tertiary/aromatic N) is 6. The molecule has 0 amide bonds. The maximum atomic E-state index is 9.54. The van der Waals surface area contributed by atoms with E-state index in [1.807, 2.05) is 0 Å². The van der Waals surface area contributed by atoms with Gasteiger partial charge < -0.3 is 20.8 Å². The summed E-state index contributed by atoms with van der Waals surface area (Å²) in [6.45, 7) is 0.506. The highest BCUT2D eigenvalue weighted by atomic mass is 16.3. The first kappa shape index (κ1) is 11.8. The largest absolute Gasteiger partial charge is 0.388 e. The molecule has 9 nitrogen and oxygen atoms in total. The van der Waals surface area contributed by atoms with Crippen molar-refractivity contribution in [2.24, 2.45) is 0 Å². The molecule has 1 saturated heterocycles. The van der Waals surface area contributed by atoms with Crippen LogP contribution < -0.4 is 10.6 Å². The third-order valence-corrected chi connectivity index (χ3v) is 2.88. The van der Waals surface area contributed by atoms with Crippen LogP contribution in [-0.2, 0) is 0 Å². The number of rotatable bonds is 2. The zero-order valence-electron chi connectivity index (χ0n) is 9.96. The van der Waals surface area contributed by atoms with E-state index in [1.165, 1.54) is 4.68 Å². The topological polar surface area (TPSA) is 126 Å². The molecule has 4 N–H and O–H groups in total. The van der Waals surface area contributed by atoms with Crippen LogP contribution in [0.4, 0.5) is 11.9 Å². The summed E-state index contributed by atoms with van der Waals surface area (Å²) < 4.78 is 1.46. The molecule has 2 unspecified atom stereocenters. The molecule has 3 heterocycles. The Labute approximate surface area is 108 Å². The molecule has 9 heteroatoms. The molecular formula is C10H13N7O2. The van der Waals surface area contributed by atoms with Gasteiger partial charge in [0.25, 0.3) is 5.95 Å². The Balaban J connectivity index is 1.95. The van der Waals surface area contributed by atoms with Crippen LogP contribution in [0.15, 0.2) is 18.5 Å².